The number of rotatable bonds is 2. The number of aryl methyl sites for hydroxylation is 1. The van der Waals surface area contributed by atoms with Crippen molar-refractivity contribution in [2.24, 2.45) is 0 Å². The van der Waals surface area contributed by atoms with Gasteiger partial charge in [0, 0.05) is 25.4 Å². The first-order valence-corrected chi connectivity index (χ1v) is 4.38. The topological polar surface area (TPSA) is 48.2 Å². The van der Waals surface area contributed by atoms with Crippen molar-refractivity contribution in [3.05, 3.63) is 30.2 Å². The van der Waals surface area contributed by atoms with Gasteiger partial charge < -0.3 is 8.60 Å². The van der Waals surface area contributed by atoms with E-state index in [1.807, 2.05) is 12.1 Å². The third-order valence-corrected chi connectivity index (χ3v) is 1.92. The zero-order valence-corrected chi connectivity index (χ0v) is 8.36. The minimum atomic E-state index is 0.481. The van der Waals surface area contributed by atoms with E-state index in [4.69, 9.17) is 8.60 Å². The van der Waals surface area contributed by atoms with Gasteiger partial charge in [0.2, 0.25) is 11.8 Å². The summed E-state index contributed by atoms with van der Waals surface area (Å²) in [7, 11) is 0. The zero-order chi connectivity index (χ0) is 9.97. The first kappa shape index (κ1) is 9.08. The van der Waals surface area contributed by atoms with Crippen molar-refractivity contribution in [2.45, 2.75) is 6.92 Å². The van der Waals surface area contributed by atoms with Crippen LogP contribution in [0.1, 0.15) is 5.89 Å². The maximum Gasteiger partial charge on any atom is 0.247 e. The Morgan fingerprint density at radius 2 is 2.21 bits per heavy atom. The van der Waals surface area contributed by atoms with Gasteiger partial charge in [0.05, 0.1) is 0 Å². The molecule has 72 valence electrons. The Bertz CT molecular complexity index is 442. The summed E-state index contributed by atoms with van der Waals surface area (Å²) in [6, 6.07) is 7.27. The second-order valence-electron chi connectivity index (χ2n) is 2.75. The highest BCUT2D eigenvalue weighted by atomic mass is 32.1. The maximum absolute atomic E-state index is 5.27. The van der Waals surface area contributed by atoms with Crippen LogP contribution >= 0.6 is 12.9 Å². The van der Waals surface area contributed by atoms with Gasteiger partial charge >= 0.3 is 0 Å². The molecule has 1 heterocycles. The van der Waals surface area contributed by atoms with Crippen LogP contribution in [0.4, 0.5) is 0 Å². The Morgan fingerprint density at radius 3 is 2.86 bits per heavy atom. The Kier molecular flexibility index (Phi) is 2.41. The summed E-state index contributed by atoms with van der Waals surface area (Å²) in [6.45, 7) is 1.75. The quantitative estimate of drug-likeness (QED) is 0.607. The highest BCUT2D eigenvalue weighted by Gasteiger charge is 2.06. The molecule has 0 bridgehead atoms. The summed E-state index contributed by atoms with van der Waals surface area (Å²) in [6.07, 6.45) is 0. The summed E-state index contributed by atoms with van der Waals surface area (Å²) in [5.41, 5.74) is 0.817. The van der Waals surface area contributed by atoms with E-state index < -0.39 is 0 Å². The van der Waals surface area contributed by atoms with E-state index in [0.29, 0.717) is 17.5 Å². The van der Waals surface area contributed by atoms with Gasteiger partial charge in [-0.05, 0) is 18.2 Å². The average Bonchev–Trinajstić information content (AvgIpc) is 2.65. The summed E-state index contributed by atoms with van der Waals surface area (Å²) in [4.78, 5) is 0. The SMILES string of the molecule is Cc1nnc(-c2cccc(OS)c2)o1. The van der Waals surface area contributed by atoms with E-state index in [9.17, 15) is 0 Å². The molecule has 2 rings (SSSR count). The van der Waals surface area contributed by atoms with Gasteiger partial charge in [0.15, 0.2) is 0 Å². The maximum atomic E-state index is 5.27. The molecule has 0 radical (unpaired) electrons. The fraction of sp³-hybridized carbons (Fsp3) is 0.111. The molecule has 0 spiro atoms. The summed E-state index contributed by atoms with van der Waals surface area (Å²) in [5.74, 6) is 1.66. The molecular weight excluding hydrogens is 200 g/mol. The van der Waals surface area contributed by atoms with Gasteiger partial charge in [0.25, 0.3) is 0 Å². The van der Waals surface area contributed by atoms with Gasteiger partial charge in [-0.3, -0.25) is 0 Å². The number of thiol groups is 1. The molecule has 1 aromatic carbocycles. The van der Waals surface area contributed by atoms with Gasteiger partial charge in [-0.15, -0.1) is 10.2 Å². The normalized spacial score (nSPS) is 10.1. The van der Waals surface area contributed by atoms with Gasteiger partial charge in [-0.2, -0.15) is 0 Å². The average molecular weight is 208 g/mol. The highest BCUT2D eigenvalue weighted by Crippen LogP contribution is 2.22. The molecule has 0 saturated carbocycles. The zero-order valence-electron chi connectivity index (χ0n) is 7.47. The van der Waals surface area contributed by atoms with Crippen molar-refractivity contribution in [2.75, 3.05) is 0 Å². The fourth-order valence-corrected chi connectivity index (χ4v) is 1.21. The van der Waals surface area contributed by atoms with Crippen LogP contribution in [0.3, 0.4) is 0 Å². The molecule has 14 heavy (non-hydrogen) atoms. The fourth-order valence-electron chi connectivity index (χ4n) is 1.10. The lowest BCUT2D eigenvalue weighted by molar-refractivity contribution is 0.532. The molecular formula is C9H8N2O2S. The largest absolute Gasteiger partial charge is 0.429 e. The van der Waals surface area contributed by atoms with Gasteiger partial charge in [-0.25, -0.2) is 0 Å². The smallest absolute Gasteiger partial charge is 0.247 e. The summed E-state index contributed by atoms with van der Waals surface area (Å²) < 4.78 is 10.1. The minimum absolute atomic E-state index is 0.481. The van der Waals surface area contributed by atoms with E-state index >= 15 is 0 Å². The van der Waals surface area contributed by atoms with Crippen LogP contribution in [0.5, 0.6) is 5.75 Å². The summed E-state index contributed by atoms with van der Waals surface area (Å²) in [5, 5.41) is 7.64. The molecule has 0 unspecified atom stereocenters. The standard InChI is InChI=1S/C9H8N2O2S/c1-6-10-11-9(12-6)7-3-2-4-8(5-7)13-14/h2-5,14H,1H3. The number of benzene rings is 1. The van der Waals surface area contributed by atoms with E-state index in [0.717, 1.165) is 5.56 Å². The van der Waals surface area contributed by atoms with E-state index in [1.165, 1.54) is 0 Å². The van der Waals surface area contributed by atoms with E-state index in [1.54, 1.807) is 19.1 Å². The van der Waals surface area contributed by atoms with Crippen molar-refractivity contribution in [3.8, 4) is 17.2 Å². The third-order valence-electron chi connectivity index (χ3n) is 1.71. The molecule has 0 saturated heterocycles. The second kappa shape index (κ2) is 3.71. The van der Waals surface area contributed by atoms with Crippen molar-refractivity contribution < 1.29 is 8.60 Å². The van der Waals surface area contributed by atoms with Gasteiger partial charge in [0.1, 0.15) is 5.75 Å². The second-order valence-corrected chi connectivity index (χ2v) is 2.93. The van der Waals surface area contributed by atoms with Crippen LogP contribution in [0.25, 0.3) is 11.5 Å². The van der Waals surface area contributed by atoms with Crippen LogP contribution < -0.4 is 4.18 Å². The van der Waals surface area contributed by atoms with Crippen molar-refractivity contribution >= 4 is 12.9 Å². The van der Waals surface area contributed by atoms with Crippen molar-refractivity contribution in [1.29, 1.82) is 0 Å². The molecule has 0 aliphatic rings. The first-order valence-electron chi connectivity index (χ1n) is 4.01. The van der Waals surface area contributed by atoms with Crippen LogP contribution in [0.15, 0.2) is 28.7 Å². The predicted molar refractivity (Wildman–Crippen MR) is 54.1 cm³/mol. The molecule has 0 amide bonds. The lowest BCUT2D eigenvalue weighted by atomic mass is 10.2. The van der Waals surface area contributed by atoms with Crippen molar-refractivity contribution in [1.82, 2.24) is 10.2 Å². The van der Waals surface area contributed by atoms with Crippen LogP contribution in [-0.2, 0) is 0 Å². The van der Waals surface area contributed by atoms with E-state index in [2.05, 4.69) is 23.1 Å². The Balaban J connectivity index is 2.41. The number of hydrogen-bond acceptors (Lipinski definition) is 5. The van der Waals surface area contributed by atoms with Gasteiger partial charge in [-0.1, -0.05) is 6.07 Å². The van der Waals surface area contributed by atoms with Crippen LogP contribution in [0.2, 0.25) is 0 Å². The number of aromatic nitrogens is 2. The molecule has 0 atom stereocenters. The predicted octanol–water partition coefficient (Wildman–Crippen LogP) is 2.27. The van der Waals surface area contributed by atoms with E-state index in [-0.39, 0.29) is 0 Å². The molecule has 0 N–H and O–H groups in total. The number of hydrogen-bond donors (Lipinski definition) is 1. The monoisotopic (exact) mass is 208 g/mol. The highest BCUT2D eigenvalue weighted by molar-refractivity contribution is 7.75. The molecule has 5 heteroatoms. The lowest BCUT2D eigenvalue weighted by Crippen LogP contribution is -1.79. The molecule has 2 aromatic rings. The van der Waals surface area contributed by atoms with Crippen LogP contribution in [0, 0.1) is 6.92 Å². The molecule has 4 nitrogen and oxygen atoms in total. The molecule has 0 aliphatic carbocycles. The van der Waals surface area contributed by atoms with Crippen molar-refractivity contribution in [3.63, 3.8) is 0 Å². The van der Waals surface area contributed by atoms with Crippen LogP contribution in [-0.4, -0.2) is 10.2 Å². The molecule has 0 fully saturated rings. The molecule has 1 aromatic heterocycles. The first-order chi connectivity index (χ1) is 6.79. The minimum Gasteiger partial charge on any atom is -0.429 e. The summed E-state index contributed by atoms with van der Waals surface area (Å²) >= 11 is 3.71. The Labute approximate surface area is 86.5 Å². The lowest BCUT2D eigenvalue weighted by Gasteiger charge is -1.98. The molecule has 0 aliphatic heterocycles. The third kappa shape index (κ3) is 1.72. The number of nitrogens with zero attached hydrogens (tertiary/aromatic N) is 2. The Morgan fingerprint density at radius 1 is 1.36 bits per heavy atom. The Hall–Kier alpha value is -1.49.